The molecular weight excluding hydrogens is 564 g/mol. The summed E-state index contributed by atoms with van der Waals surface area (Å²) < 4.78 is 19.1. The minimum Gasteiger partial charge on any atom is -0.497 e. The number of aliphatic hydroxyl groups is 1. The van der Waals surface area contributed by atoms with Crippen LogP contribution in [0, 0.1) is 0 Å². The minimum absolute atomic E-state index is 0.0180. The molecule has 0 radical (unpaired) electrons. The highest BCUT2D eigenvalue weighted by Gasteiger charge is 2.47. The standard InChI is InChI=1S/C28H27BrN6O4/c1-37-19-9-7-16(22(11-19)39-3)14-31-27-32-24-20(5-4-6-21(24)38-2)26-33-25(34-35(26)27)17-12-28(36,13-17)23-10-8-18(29)15-30-23/h4-11,15,17,36H,12-14H2,1-3H3,(H,31,32)/t17-,28+. The van der Waals surface area contributed by atoms with Crippen molar-refractivity contribution in [2.45, 2.75) is 30.9 Å². The first kappa shape index (κ1) is 25.3. The van der Waals surface area contributed by atoms with Crippen molar-refractivity contribution >= 4 is 38.4 Å². The molecule has 2 aromatic carbocycles. The molecule has 39 heavy (non-hydrogen) atoms. The van der Waals surface area contributed by atoms with E-state index in [0.717, 1.165) is 15.4 Å². The highest BCUT2D eigenvalue weighted by molar-refractivity contribution is 9.10. The molecule has 10 nitrogen and oxygen atoms in total. The van der Waals surface area contributed by atoms with Crippen molar-refractivity contribution in [3.63, 3.8) is 0 Å². The van der Waals surface area contributed by atoms with Gasteiger partial charge < -0.3 is 24.6 Å². The number of nitrogens with zero attached hydrogens (tertiary/aromatic N) is 5. The summed E-state index contributed by atoms with van der Waals surface area (Å²) in [5, 5.41) is 20.2. The van der Waals surface area contributed by atoms with Gasteiger partial charge >= 0.3 is 0 Å². The lowest BCUT2D eigenvalue weighted by atomic mass is 9.68. The van der Waals surface area contributed by atoms with E-state index >= 15 is 0 Å². The van der Waals surface area contributed by atoms with Crippen molar-refractivity contribution in [2.75, 3.05) is 26.6 Å². The molecule has 2 N–H and O–H groups in total. The predicted octanol–water partition coefficient (Wildman–Crippen LogP) is 4.84. The topological polar surface area (TPSA) is 116 Å². The normalized spacial score (nSPS) is 18.6. The Bertz CT molecular complexity index is 1670. The molecule has 1 aliphatic rings. The Balaban J connectivity index is 1.36. The van der Waals surface area contributed by atoms with Crippen LogP contribution >= 0.6 is 15.9 Å². The van der Waals surface area contributed by atoms with Crippen molar-refractivity contribution in [1.29, 1.82) is 0 Å². The first-order valence-electron chi connectivity index (χ1n) is 12.4. The Hall–Kier alpha value is -3.96. The quantitative estimate of drug-likeness (QED) is 0.262. The Labute approximate surface area is 233 Å². The van der Waals surface area contributed by atoms with E-state index in [9.17, 15) is 5.11 Å². The number of fused-ring (bicyclic) bond motifs is 3. The molecular formula is C28H27BrN6O4. The molecule has 3 aromatic heterocycles. The van der Waals surface area contributed by atoms with Crippen LogP contribution in [0.2, 0.25) is 0 Å². The van der Waals surface area contributed by atoms with Crippen molar-refractivity contribution in [1.82, 2.24) is 24.6 Å². The van der Waals surface area contributed by atoms with Crippen LogP contribution in [-0.2, 0) is 12.1 Å². The first-order valence-corrected chi connectivity index (χ1v) is 13.2. The number of hydrogen-bond donors (Lipinski definition) is 2. The Kier molecular flexibility index (Phi) is 6.48. The van der Waals surface area contributed by atoms with Gasteiger partial charge in [0.05, 0.1) is 27.0 Å². The SMILES string of the molecule is COc1ccc(CNc2nc3c(OC)cccc3c3nc([C@H]4C[C@](O)(c5ccc(Br)cn5)C4)nn23)c(OC)c1. The average Bonchev–Trinajstić information content (AvgIpc) is 3.39. The van der Waals surface area contributed by atoms with Gasteiger partial charge in [-0.3, -0.25) is 4.98 Å². The molecule has 200 valence electrons. The molecule has 0 amide bonds. The van der Waals surface area contributed by atoms with Gasteiger partial charge in [-0.15, -0.1) is 5.10 Å². The highest BCUT2D eigenvalue weighted by Crippen LogP contribution is 2.49. The molecule has 0 atom stereocenters. The van der Waals surface area contributed by atoms with Gasteiger partial charge in [-0.2, -0.15) is 4.52 Å². The van der Waals surface area contributed by atoms with E-state index in [-0.39, 0.29) is 5.92 Å². The highest BCUT2D eigenvalue weighted by atomic mass is 79.9. The number of para-hydroxylation sites is 1. The average molecular weight is 591 g/mol. The van der Waals surface area contributed by atoms with Crippen molar-refractivity contribution in [3.8, 4) is 17.2 Å². The predicted molar refractivity (Wildman–Crippen MR) is 150 cm³/mol. The summed E-state index contributed by atoms with van der Waals surface area (Å²) in [5.41, 5.74) is 1.92. The lowest BCUT2D eigenvalue weighted by molar-refractivity contribution is -0.0605. The molecule has 1 fully saturated rings. The summed E-state index contributed by atoms with van der Waals surface area (Å²) in [6, 6.07) is 15.1. The number of benzene rings is 2. The second-order valence-electron chi connectivity index (χ2n) is 9.53. The summed E-state index contributed by atoms with van der Waals surface area (Å²) in [6.45, 7) is 0.434. The van der Waals surface area contributed by atoms with E-state index in [1.807, 2.05) is 48.5 Å². The summed E-state index contributed by atoms with van der Waals surface area (Å²) in [5.74, 6) is 3.21. The maximum Gasteiger partial charge on any atom is 0.226 e. The van der Waals surface area contributed by atoms with Gasteiger partial charge in [0.25, 0.3) is 0 Å². The smallest absolute Gasteiger partial charge is 0.226 e. The summed E-state index contributed by atoms with van der Waals surface area (Å²) >= 11 is 3.40. The largest absolute Gasteiger partial charge is 0.497 e. The number of pyridine rings is 1. The van der Waals surface area contributed by atoms with Gasteiger partial charge in [-0.05, 0) is 65.2 Å². The van der Waals surface area contributed by atoms with E-state index in [0.29, 0.717) is 65.3 Å². The molecule has 0 aliphatic heterocycles. The number of rotatable bonds is 8. The fraction of sp³-hybridized carbons (Fsp3) is 0.286. The zero-order chi connectivity index (χ0) is 27.1. The van der Waals surface area contributed by atoms with Crippen LogP contribution in [0.15, 0.2) is 59.2 Å². The molecule has 1 saturated carbocycles. The van der Waals surface area contributed by atoms with E-state index < -0.39 is 5.60 Å². The second kappa shape index (κ2) is 9.97. The number of anilines is 1. The summed E-state index contributed by atoms with van der Waals surface area (Å²) in [7, 11) is 4.87. The Morgan fingerprint density at radius 1 is 1.03 bits per heavy atom. The van der Waals surface area contributed by atoms with Crippen LogP contribution in [0.5, 0.6) is 17.2 Å². The zero-order valence-electron chi connectivity index (χ0n) is 21.7. The molecule has 0 saturated heterocycles. The molecule has 0 spiro atoms. The lowest BCUT2D eigenvalue weighted by Gasteiger charge is -2.41. The molecule has 3 heterocycles. The third kappa shape index (κ3) is 4.51. The van der Waals surface area contributed by atoms with Crippen molar-refractivity contribution in [3.05, 3.63) is 76.3 Å². The number of hydrogen-bond acceptors (Lipinski definition) is 9. The van der Waals surface area contributed by atoms with E-state index in [1.54, 1.807) is 32.0 Å². The van der Waals surface area contributed by atoms with Crippen LogP contribution in [0.25, 0.3) is 16.6 Å². The monoisotopic (exact) mass is 590 g/mol. The van der Waals surface area contributed by atoms with Crippen LogP contribution in [0.4, 0.5) is 5.95 Å². The second-order valence-corrected chi connectivity index (χ2v) is 10.4. The zero-order valence-corrected chi connectivity index (χ0v) is 23.3. The summed E-state index contributed by atoms with van der Waals surface area (Å²) in [6.07, 6.45) is 2.67. The van der Waals surface area contributed by atoms with Crippen LogP contribution in [0.1, 0.15) is 35.8 Å². The van der Waals surface area contributed by atoms with Gasteiger partial charge in [0.15, 0.2) is 11.5 Å². The molecule has 0 unspecified atom stereocenters. The number of methoxy groups -OCH3 is 3. The molecule has 1 aliphatic carbocycles. The molecule has 0 bridgehead atoms. The van der Waals surface area contributed by atoms with Gasteiger partial charge in [0.1, 0.15) is 28.4 Å². The number of halogens is 1. The Morgan fingerprint density at radius 3 is 2.56 bits per heavy atom. The van der Waals surface area contributed by atoms with Gasteiger partial charge in [-0.25, -0.2) is 9.97 Å². The van der Waals surface area contributed by atoms with E-state index in [1.165, 1.54) is 0 Å². The van der Waals surface area contributed by atoms with Crippen molar-refractivity contribution < 1.29 is 19.3 Å². The number of aromatic nitrogens is 5. The summed E-state index contributed by atoms with van der Waals surface area (Å²) in [4.78, 5) is 14.2. The number of ether oxygens (including phenoxy) is 3. The van der Waals surface area contributed by atoms with Gasteiger partial charge in [0.2, 0.25) is 5.95 Å². The maximum absolute atomic E-state index is 11.2. The van der Waals surface area contributed by atoms with Crippen LogP contribution in [-0.4, -0.2) is 51.0 Å². The van der Waals surface area contributed by atoms with Crippen LogP contribution < -0.4 is 19.5 Å². The third-order valence-electron chi connectivity index (χ3n) is 7.17. The van der Waals surface area contributed by atoms with Gasteiger partial charge in [-0.1, -0.05) is 6.07 Å². The lowest BCUT2D eigenvalue weighted by Crippen LogP contribution is -2.40. The minimum atomic E-state index is -1.00. The first-order chi connectivity index (χ1) is 18.9. The van der Waals surface area contributed by atoms with Gasteiger partial charge in [0, 0.05) is 40.1 Å². The molecule has 5 aromatic rings. The Morgan fingerprint density at radius 2 is 1.85 bits per heavy atom. The number of nitrogens with one attached hydrogen (secondary N) is 1. The van der Waals surface area contributed by atoms with Crippen molar-refractivity contribution in [2.24, 2.45) is 0 Å². The fourth-order valence-corrected chi connectivity index (χ4v) is 5.28. The molecule has 6 rings (SSSR count). The van der Waals surface area contributed by atoms with E-state index in [2.05, 4.69) is 26.2 Å². The van der Waals surface area contributed by atoms with Crippen LogP contribution in [0.3, 0.4) is 0 Å². The fourth-order valence-electron chi connectivity index (χ4n) is 5.04. The maximum atomic E-state index is 11.2. The third-order valence-corrected chi connectivity index (χ3v) is 7.64. The van der Waals surface area contributed by atoms with E-state index in [4.69, 9.17) is 29.3 Å². The molecule has 11 heteroatoms.